The minimum absolute atomic E-state index is 0.105. The van der Waals surface area contributed by atoms with Gasteiger partial charge in [0.15, 0.2) is 0 Å². The number of esters is 1. The molecule has 0 saturated carbocycles. The zero-order valence-corrected chi connectivity index (χ0v) is 10.4. The van der Waals surface area contributed by atoms with Crippen LogP contribution in [0.5, 0.6) is 0 Å². The van der Waals surface area contributed by atoms with E-state index in [1.54, 1.807) is 6.92 Å². The van der Waals surface area contributed by atoms with Gasteiger partial charge in [0, 0.05) is 6.20 Å². The molecule has 0 N–H and O–H groups in total. The van der Waals surface area contributed by atoms with Crippen LogP contribution in [-0.4, -0.2) is 22.5 Å². The van der Waals surface area contributed by atoms with Gasteiger partial charge < -0.3 is 4.74 Å². The highest BCUT2D eigenvalue weighted by molar-refractivity contribution is 5.74. The number of rotatable bonds is 5. The molecule has 0 unspecified atom stereocenters. The van der Waals surface area contributed by atoms with E-state index in [1.807, 2.05) is 0 Å². The van der Waals surface area contributed by atoms with Crippen LogP contribution in [0.1, 0.15) is 30.2 Å². The fourth-order valence-corrected chi connectivity index (χ4v) is 1.62. The van der Waals surface area contributed by atoms with Crippen LogP contribution in [-0.2, 0) is 16.0 Å². The van der Waals surface area contributed by atoms with Crippen LogP contribution in [0.4, 0.5) is 14.5 Å². The van der Waals surface area contributed by atoms with Gasteiger partial charge >= 0.3 is 5.97 Å². The van der Waals surface area contributed by atoms with Crippen LogP contribution in [0.25, 0.3) is 0 Å². The summed E-state index contributed by atoms with van der Waals surface area (Å²) in [5, 5.41) is 10.9. The van der Waals surface area contributed by atoms with E-state index in [-0.39, 0.29) is 17.9 Å². The molecule has 0 saturated heterocycles. The van der Waals surface area contributed by atoms with Crippen molar-refractivity contribution < 1.29 is 23.2 Å². The molecule has 19 heavy (non-hydrogen) atoms. The number of aryl methyl sites for hydroxylation is 1. The maximum atomic E-state index is 12.9. The summed E-state index contributed by atoms with van der Waals surface area (Å²) >= 11 is 0. The molecule has 0 fully saturated rings. The third-order valence-electron chi connectivity index (χ3n) is 2.40. The number of alkyl halides is 2. The average molecular weight is 274 g/mol. The molecule has 0 atom stereocenters. The lowest BCUT2D eigenvalue weighted by atomic mass is 10.1. The zero-order valence-electron chi connectivity index (χ0n) is 10.4. The standard InChI is InChI=1S/C11H12F2N2O4/c1-3-19-8(16)4-7-5-14-6(2)9(11(12)13)10(7)15(17)18/h5,11H,3-4H2,1-2H3. The number of carbonyl (C=O) groups excluding carboxylic acids is 1. The van der Waals surface area contributed by atoms with Crippen molar-refractivity contribution in [1.82, 2.24) is 4.98 Å². The topological polar surface area (TPSA) is 82.3 Å². The van der Waals surface area contributed by atoms with Gasteiger partial charge in [0.05, 0.1) is 29.2 Å². The van der Waals surface area contributed by atoms with Crippen LogP contribution >= 0.6 is 0 Å². The predicted octanol–water partition coefficient (Wildman–Crippen LogP) is 2.34. The van der Waals surface area contributed by atoms with Gasteiger partial charge in [-0.15, -0.1) is 0 Å². The Morgan fingerprint density at radius 3 is 2.68 bits per heavy atom. The molecule has 6 nitrogen and oxygen atoms in total. The van der Waals surface area contributed by atoms with Gasteiger partial charge in [-0.3, -0.25) is 19.9 Å². The quantitative estimate of drug-likeness (QED) is 0.467. The van der Waals surface area contributed by atoms with Crippen molar-refractivity contribution in [3.8, 4) is 0 Å². The van der Waals surface area contributed by atoms with Crippen molar-refractivity contribution in [2.45, 2.75) is 26.7 Å². The summed E-state index contributed by atoms with van der Waals surface area (Å²) in [5.41, 5.74) is -1.83. The average Bonchev–Trinajstić information content (AvgIpc) is 2.30. The maximum absolute atomic E-state index is 12.9. The fourth-order valence-electron chi connectivity index (χ4n) is 1.62. The zero-order chi connectivity index (χ0) is 14.6. The summed E-state index contributed by atoms with van der Waals surface area (Å²) < 4.78 is 30.3. The highest BCUT2D eigenvalue weighted by Crippen LogP contribution is 2.33. The molecule has 0 aromatic carbocycles. The van der Waals surface area contributed by atoms with E-state index in [0.717, 1.165) is 6.20 Å². The lowest BCUT2D eigenvalue weighted by molar-refractivity contribution is -0.387. The second kappa shape index (κ2) is 6.17. The van der Waals surface area contributed by atoms with E-state index < -0.39 is 35.0 Å². The molecular weight excluding hydrogens is 262 g/mol. The first-order valence-corrected chi connectivity index (χ1v) is 5.45. The second-order valence-corrected chi connectivity index (χ2v) is 3.67. The number of pyridine rings is 1. The van der Waals surface area contributed by atoms with Crippen LogP contribution in [0.15, 0.2) is 6.20 Å². The fraction of sp³-hybridized carbons (Fsp3) is 0.455. The van der Waals surface area contributed by atoms with Gasteiger partial charge in [-0.1, -0.05) is 0 Å². The van der Waals surface area contributed by atoms with Gasteiger partial charge in [0.2, 0.25) is 0 Å². The lowest BCUT2D eigenvalue weighted by Crippen LogP contribution is -2.12. The van der Waals surface area contributed by atoms with Crippen LogP contribution in [0, 0.1) is 17.0 Å². The van der Waals surface area contributed by atoms with Crippen molar-refractivity contribution in [2.24, 2.45) is 0 Å². The second-order valence-electron chi connectivity index (χ2n) is 3.67. The third-order valence-corrected chi connectivity index (χ3v) is 2.40. The number of hydrogen-bond donors (Lipinski definition) is 0. The molecule has 0 spiro atoms. The van der Waals surface area contributed by atoms with Gasteiger partial charge in [0.1, 0.15) is 5.56 Å². The van der Waals surface area contributed by atoms with E-state index in [4.69, 9.17) is 0 Å². The van der Waals surface area contributed by atoms with Gasteiger partial charge in [-0.05, 0) is 13.8 Å². The number of halogens is 2. The Balaban J connectivity index is 3.28. The van der Waals surface area contributed by atoms with Crippen molar-refractivity contribution in [3.63, 3.8) is 0 Å². The highest BCUT2D eigenvalue weighted by atomic mass is 19.3. The number of aromatic nitrogens is 1. The first kappa shape index (κ1) is 14.9. The number of nitrogens with zero attached hydrogens (tertiary/aromatic N) is 2. The Labute approximate surface area is 107 Å². The number of nitro groups is 1. The minimum Gasteiger partial charge on any atom is -0.466 e. The van der Waals surface area contributed by atoms with Crippen molar-refractivity contribution in [1.29, 1.82) is 0 Å². The lowest BCUT2D eigenvalue weighted by Gasteiger charge is -2.09. The Morgan fingerprint density at radius 1 is 1.58 bits per heavy atom. The van der Waals surface area contributed by atoms with E-state index in [2.05, 4.69) is 9.72 Å². The van der Waals surface area contributed by atoms with Crippen molar-refractivity contribution >= 4 is 11.7 Å². The summed E-state index contributed by atoms with van der Waals surface area (Å²) in [6.07, 6.45) is -2.44. The van der Waals surface area contributed by atoms with E-state index in [9.17, 15) is 23.7 Å². The smallest absolute Gasteiger partial charge is 0.310 e. The van der Waals surface area contributed by atoms with Gasteiger partial charge in [0.25, 0.3) is 12.1 Å². The molecule has 0 bridgehead atoms. The molecule has 1 heterocycles. The molecule has 104 valence electrons. The molecular formula is C11H12F2N2O4. The minimum atomic E-state index is -3.03. The Kier molecular flexibility index (Phi) is 4.85. The number of hydrogen-bond acceptors (Lipinski definition) is 5. The molecule has 0 radical (unpaired) electrons. The molecule has 0 aliphatic heterocycles. The molecule has 1 aromatic rings. The van der Waals surface area contributed by atoms with E-state index in [0.29, 0.717) is 0 Å². The molecule has 0 amide bonds. The Hall–Kier alpha value is -2.12. The SMILES string of the molecule is CCOC(=O)Cc1cnc(C)c(C(F)F)c1[N+](=O)[O-]. The summed E-state index contributed by atoms with van der Waals surface area (Å²) in [6, 6.07) is 0. The van der Waals surface area contributed by atoms with Crippen LogP contribution < -0.4 is 0 Å². The molecule has 0 aliphatic rings. The maximum Gasteiger partial charge on any atom is 0.310 e. The van der Waals surface area contributed by atoms with Crippen LogP contribution in [0.2, 0.25) is 0 Å². The summed E-state index contributed by atoms with van der Waals surface area (Å²) in [7, 11) is 0. The summed E-state index contributed by atoms with van der Waals surface area (Å²) in [6.45, 7) is 2.93. The van der Waals surface area contributed by atoms with E-state index in [1.165, 1.54) is 6.92 Å². The molecule has 0 aliphatic carbocycles. The molecule has 1 rings (SSSR count). The summed E-state index contributed by atoms with van der Waals surface area (Å²) in [5.74, 6) is -0.725. The third kappa shape index (κ3) is 3.43. The molecule has 1 aromatic heterocycles. The van der Waals surface area contributed by atoms with Gasteiger partial charge in [-0.2, -0.15) is 0 Å². The Morgan fingerprint density at radius 2 is 2.21 bits per heavy atom. The number of carbonyl (C=O) groups is 1. The largest absolute Gasteiger partial charge is 0.466 e. The summed E-state index contributed by atoms with van der Waals surface area (Å²) in [4.78, 5) is 25.0. The van der Waals surface area contributed by atoms with E-state index >= 15 is 0 Å². The van der Waals surface area contributed by atoms with Gasteiger partial charge in [-0.25, -0.2) is 8.78 Å². The van der Waals surface area contributed by atoms with Crippen molar-refractivity contribution in [2.75, 3.05) is 6.61 Å². The normalized spacial score (nSPS) is 10.6. The Bertz CT molecular complexity index is 506. The first-order valence-electron chi connectivity index (χ1n) is 5.45. The predicted molar refractivity (Wildman–Crippen MR) is 60.9 cm³/mol. The van der Waals surface area contributed by atoms with Crippen LogP contribution in [0.3, 0.4) is 0 Å². The molecule has 8 heteroatoms. The van der Waals surface area contributed by atoms with Crippen molar-refractivity contribution in [3.05, 3.63) is 33.1 Å². The highest BCUT2D eigenvalue weighted by Gasteiger charge is 2.29. The first-order chi connectivity index (χ1) is 8.88. The number of ether oxygens (including phenoxy) is 1. The monoisotopic (exact) mass is 274 g/mol.